The molecule has 0 bridgehead atoms. The fourth-order valence-electron chi connectivity index (χ4n) is 1.65. The number of rotatable bonds is 2. The third-order valence-corrected chi connectivity index (χ3v) is 10.0. The van der Waals surface area contributed by atoms with Crippen LogP contribution in [0.15, 0.2) is 24.3 Å². The van der Waals surface area contributed by atoms with E-state index in [9.17, 15) is 0 Å². The van der Waals surface area contributed by atoms with Gasteiger partial charge in [-0.1, -0.05) is 93.9 Å². The highest BCUT2D eigenvalue weighted by Crippen LogP contribution is 2.45. The van der Waals surface area contributed by atoms with E-state index in [0.717, 1.165) is 11.1 Å². The molecule has 2 atom stereocenters. The Morgan fingerprint density at radius 2 is 1.00 bits per heavy atom. The monoisotopic (exact) mass is 398 g/mol. The molecule has 0 saturated heterocycles. The van der Waals surface area contributed by atoms with Gasteiger partial charge in [-0.25, -0.2) is 0 Å². The Morgan fingerprint density at radius 1 is 0.722 bits per heavy atom. The first-order chi connectivity index (χ1) is 8.05. The maximum atomic E-state index is 5.99. The highest BCUT2D eigenvalue weighted by Gasteiger charge is 2.36. The SMILES string of the molecule is [SiH3]C(c1ccccc1C([SiH3])C(Cl)(Cl)Cl)C(Cl)(Cl)Cl. The van der Waals surface area contributed by atoms with Crippen molar-refractivity contribution in [1.29, 1.82) is 0 Å². The summed E-state index contributed by atoms with van der Waals surface area (Å²) >= 11 is 35.9. The van der Waals surface area contributed by atoms with Gasteiger partial charge >= 0.3 is 0 Å². The van der Waals surface area contributed by atoms with Crippen molar-refractivity contribution in [2.45, 2.75) is 18.7 Å². The second-order valence-corrected chi connectivity index (χ2v) is 11.2. The third-order valence-electron chi connectivity index (χ3n) is 2.91. The molecule has 18 heavy (non-hydrogen) atoms. The number of halogens is 6. The van der Waals surface area contributed by atoms with Gasteiger partial charge in [-0.05, 0) is 11.1 Å². The Morgan fingerprint density at radius 3 is 1.22 bits per heavy atom. The minimum atomic E-state index is -1.32. The lowest BCUT2D eigenvalue weighted by molar-refractivity contribution is 0.892. The molecule has 0 aliphatic rings. The van der Waals surface area contributed by atoms with Crippen LogP contribution in [0.25, 0.3) is 0 Å². The molecule has 0 saturated carbocycles. The van der Waals surface area contributed by atoms with Crippen molar-refractivity contribution in [2.75, 3.05) is 0 Å². The number of benzene rings is 1. The summed E-state index contributed by atoms with van der Waals surface area (Å²) in [6, 6.07) is 7.70. The first kappa shape index (κ1) is 17.4. The molecule has 0 aliphatic heterocycles. The molecule has 0 nitrogen and oxygen atoms in total. The van der Waals surface area contributed by atoms with Gasteiger partial charge in [-0.2, -0.15) is 0 Å². The van der Waals surface area contributed by atoms with E-state index in [1.165, 1.54) is 0 Å². The Kier molecular flexibility index (Phi) is 6.24. The van der Waals surface area contributed by atoms with E-state index in [0.29, 0.717) is 20.5 Å². The Hall–Kier alpha value is 1.39. The highest BCUT2D eigenvalue weighted by molar-refractivity contribution is 6.70. The summed E-state index contributed by atoms with van der Waals surface area (Å²) in [5.74, 6) is 0. The molecule has 0 N–H and O–H groups in total. The largest absolute Gasteiger partial charge is 0.194 e. The molecular formula is C10H12Cl6Si2. The van der Waals surface area contributed by atoms with Crippen LogP contribution in [-0.2, 0) is 0 Å². The van der Waals surface area contributed by atoms with Gasteiger partial charge in [0, 0.05) is 31.6 Å². The molecule has 102 valence electrons. The van der Waals surface area contributed by atoms with E-state index < -0.39 is 7.59 Å². The maximum Gasteiger partial charge on any atom is 0.194 e. The minimum absolute atomic E-state index is 0.137. The van der Waals surface area contributed by atoms with E-state index in [4.69, 9.17) is 69.6 Å². The van der Waals surface area contributed by atoms with Crippen molar-refractivity contribution in [2.24, 2.45) is 0 Å². The van der Waals surface area contributed by atoms with Gasteiger partial charge in [0.1, 0.15) is 0 Å². The van der Waals surface area contributed by atoms with Gasteiger partial charge in [0.15, 0.2) is 7.59 Å². The first-order valence-electron chi connectivity index (χ1n) is 5.27. The van der Waals surface area contributed by atoms with Gasteiger partial charge in [-0.3, -0.25) is 0 Å². The van der Waals surface area contributed by atoms with Crippen molar-refractivity contribution in [3.8, 4) is 0 Å². The molecule has 1 aromatic rings. The van der Waals surface area contributed by atoms with E-state index in [-0.39, 0.29) is 11.1 Å². The van der Waals surface area contributed by atoms with E-state index in [2.05, 4.69) is 0 Å². The lowest BCUT2D eigenvalue weighted by Crippen LogP contribution is -2.23. The average Bonchev–Trinajstić information content (AvgIpc) is 2.24. The van der Waals surface area contributed by atoms with Crippen LogP contribution < -0.4 is 0 Å². The minimum Gasteiger partial charge on any atom is -0.0834 e. The molecule has 0 amide bonds. The predicted octanol–water partition coefficient (Wildman–Crippen LogP) is 3.24. The number of alkyl halides is 6. The van der Waals surface area contributed by atoms with Crippen LogP contribution in [0.1, 0.15) is 22.2 Å². The molecule has 1 aromatic carbocycles. The summed E-state index contributed by atoms with van der Waals surface area (Å²) in [4.78, 5) is 0. The Bertz CT molecular complexity index is 373. The molecule has 1 rings (SSSR count). The van der Waals surface area contributed by atoms with Crippen molar-refractivity contribution >= 4 is 90.1 Å². The lowest BCUT2D eigenvalue weighted by Gasteiger charge is -2.28. The van der Waals surface area contributed by atoms with Crippen molar-refractivity contribution < 1.29 is 0 Å². The lowest BCUT2D eigenvalue weighted by atomic mass is 10.0. The van der Waals surface area contributed by atoms with Crippen molar-refractivity contribution in [3.63, 3.8) is 0 Å². The van der Waals surface area contributed by atoms with Crippen molar-refractivity contribution in [3.05, 3.63) is 35.4 Å². The van der Waals surface area contributed by atoms with Crippen LogP contribution in [0.2, 0.25) is 0 Å². The molecule has 0 spiro atoms. The second-order valence-electron chi connectivity index (χ2n) is 4.16. The average molecular weight is 401 g/mol. The van der Waals surface area contributed by atoms with Crippen LogP contribution >= 0.6 is 69.6 Å². The van der Waals surface area contributed by atoms with Crippen LogP contribution in [0.3, 0.4) is 0 Å². The first-order valence-corrected chi connectivity index (χ1v) is 9.85. The summed E-state index contributed by atoms with van der Waals surface area (Å²) in [6.07, 6.45) is 0. The van der Waals surface area contributed by atoms with Crippen molar-refractivity contribution in [1.82, 2.24) is 0 Å². The van der Waals surface area contributed by atoms with Crippen LogP contribution in [-0.4, -0.2) is 28.1 Å². The van der Waals surface area contributed by atoms with Crippen LogP contribution in [0.5, 0.6) is 0 Å². The normalized spacial score (nSPS) is 16.8. The summed E-state index contributed by atoms with van der Waals surface area (Å²) in [5, 5.41) is 0. The number of hydrogen-bond donors (Lipinski definition) is 0. The van der Waals surface area contributed by atoms with E-state index in [1.54, 1.807) is 0 Å². The van der Waals surface area contributed by atoms with E-state index >= 15 is 0 Å². The summed E-state index contributed by atoms with van der Waals surface area (Å²) in [5.41, 5.74) is 1.66. The Balaban J connectivity index is 3.23. The second kappa shape index (κ2) is 6.44. The zero-order valence-electron chi connectivity index (χ0n) is 9.73. The zero-order chi connectivity index (χ0) is 14.1. The quantitative estimate of drug-likeness (QED) is 0.528. The fraction of sp³-hybridized carbons (Fsp3) is 0.400. The fourth-order valence-corrected chi connectivity index (χ4v) is 3.41. The Labute approximate surface area is 143 Å². The van der Waals surface area contributed by atoms with Crippen LogP contribution in [0, 0.1) is 0 Å². The van der Waals surface area contributed by atoms with Gasteiger partial charge in [0.25, 0.3) is 0 Å². The summed E-state index contributed by atoms with van der Waals surface area (Å²) in [7, 11) is 1.41. The number of hydrogen-bond acceptors (Lipinski definition) is 0. The summed E-state index contributed by atoms with van der Waals surface area (Å²) in [6.45, 7) is 0. The van der Waals surface area contributed by atoms with Gasteiger partial charge in [0.05, 0.1) is 0 Å². The van der Waals surface area contributed by atoms with Crippen LogP contribution in [0.4, 0.5) is 0 Å². The maximum absolute atomic E-state index is 5.99. The zero-order valence-corrected chi connectivity index (χ0v) is 18.3. The molecule has 0 fully saturated rings. The topological polar surface area (TPSA) is 0 Å². The molecule has 2 unspecified atom stereocenters. The van der Waals surface area contributed by atoms with Gasteiger partial charge in [0.2, 0.25) is 0 Å². The predicted molar refractivity (Wildman–Crippen MR) is 92.4 cm³/mol. The molecule has 0 heterocycles. The third kappa shape index (κ3) is 4.45. The summed E-state index contributed by atoms with van der Waals surface area (Å²) < 4.78 is -2.64. The van der Waals surface area contributed by atoms with Gasteiger partial charge < -0.3 is 0 Å². The van der Waals surface area contributed by atoms with E-state index in [1.807, 2.05) is 24.3 Å². The standard InChI is InChI=1S/C10H12Cl6Si2/c11-9(12,13)7(17)5-3-1-2-4-6(5)8(18)10(14,15)16/h1-4,7-8H,17-18H3. The molecule has 0 radical (unpaired) electrons. The molecular weight excluding hydrogens is 389 g/mol. The molecule has 0 aliphatic carbocycles. The highest BCUT2D eigenvalue weighted by atomic mass is 35.6. The van der Waals surface area contributed by atoms with Gasteiger partial charge in [-0.15, -0.1) is 0 Å². The molecule has 0 aromatic heterocycles. The smallest absolute Gasteiger partial charge is 0.0834 e. The molecule has 8 heteroatoms.